The molecule has 0 unspecified atom stereocenters. The Morgan fingerprint density at radius 3 is 1.75 bits per heavy atom. The number of alkyl halides is 6. The number of para-hydroxylation sites is 1. The van der Waals surface area contributed by atoms with Gasteiger partial charge in [0.15, 0.2) is 0 Å². The number of benzene rings is 3. The molecule has 2 heterocycles. The highest BCUT2D eigenvalue weighted by molar-refractivity contribution is 5.90. The molecule has 0 N–H and O–H groups in total. The van der Waals surface area contributed by atoms with E-state index in [2.05, 4.69) is 13.5 Å². The number of nitrogens with zero attached hydrogens (tertiary/aromatic N) is 2. The van der Waals surface area contributed by atoms with E-state index in [-0.39, 0.29) is 0 Å². The quantitative estimate of drug-likeness (QED) is 0.154. The van der Waals surface area contributed by atoms with Gasteiger partial charge in [-0.2, -0.15) is 26.3 Å². The van der Waals surface area contributed by atoms with Crippen molar-refractivity contribution in [1.29, 1.82) is 0 Å². The second-order valence-corrected chi connectivity index (χ2v) is 12.5. The van der Waals surface area contributed by atoms with Crippen LogP contribution in [0.1, 0.15) is 71.1 Å². The van der Waals surface area contributed by atoms with Crippen LogP contribution in [-0.4, -0.2) is 21.5 Å². The zero-order chi connectivity index (χ0) is 33.8. The zero-order valence-electron chi connectivity index (χ0n) is 26.4. The second kappa shape index (κ2) is 11.8. The lowest BCUT2D eigenvalue weighted by atomic mass is 9.73. The van der Waals surface area contributed by atoms with Crippen molar-refractivity contribution in [3.8, 4) is 11.4 Å². The molecular formula is C40H34F6N2. The molecule has 2 aliphatic carbocycles. The smallest absolute Gasteiger partial charge is 0.310 e. The standard InChI is InChI=1S/C40H34F6N2/c1-3-11-30-31-12-5-8-15-35(31)47(34(30)4-2)28-22-18-26(19-23-28)38(39(41,42)43,40(44,45)46)27-20-24-29(25-21-27)48-36-16-9-6-13-32(36)33-14-7-10-17-37(33)48/h4,6,8-10,13,15-25H,2-3,5,7,11-12,14H2,1H3. The van der Waals surface area contributed by atoms with Crippen molar-refractivity contribution in [1.82, 2.24) is 9.13 Å². The van der Waals surface area contributed by atoms with Gasteiger partial charge in [-0.1, -0.05) is 74.5 Å². The molecule has 5 aromatic rings. The molecule has 0 amide bonds. The number of aromatic nitrogens is 2. The molecule has 2 nitrogen and oxygen atoms in total. The van der Waals surface area contributed by atoms with Crippen molar-refractivity contribution in [3.05, 3.63) is 136 Å². The van der Waals surface area contributed by atoms with E-state index in [1.807, 2.05) is 57.7 Å². The molecule has 0 fully saturated rings. The zero-order valence-corrected chi connectivity index (χ0v) is 26.4. The summed E-state index contributed by atoms with van der Waals surface area (Å²) < 4.78 is 94.6. The lowest BCUT2D eigenvalue weighted by molar-refractivity contribution is -0.288. The van der Waals surface area contributed by atoms with Crippen molar-refractivity contribution in [2.45, 2.75) is 63.2 Å². The Labute approximate surface area is 275 Å². The number of allylic oxidation sites excluding steroid dienone is 2. The summed E-state index contributed by atoms with van der Waals surface area (Å²) in [5.74, 6) is 0. The summed E-state index contributed by atoms with van der Waals surface area (Å²) in [4.78, 5) is 0. The van der Waals surface area contributed by atoms with Gasteiger partial charge in [0, 0.05) is 33.8 Å². The van der Waals surface area contributed by atoms with E-state index in [0.29, 0.717) is 11.4 Å². The largest absolute Gasteiger partial charge is 0.411 e. The van der Waals surface area contributed by atoms with Gasteiger partial charge < -0.3 is 9.13 Å². The topological polar surface area (TPSA) is 9.86 Å². The highest BCUT2D eigenvalue weighted by Crippen LogP contribution is 2.56. The molecule has 0 radical (unpaired) electrons. The first-order chi connectivity index (χ1) is 23.0. The van der Waals surface area contributed by atoms with E-state index in [0.717, 1.165) is 107 Å². The maximum absolute atomic E-state index is 15.1. The van der Waals surface area contributed by atoms with Crippen molar-refractivity contribution in [2.24, 2.45) is 0 Å². The number of hydrogen-bond donors (Lipinski definition) is 0. The van der Waals surface area contributed by atoms with E-state index in [1.54, 1.807) is 6.08 Å². The molecule has 3 aromatic carbocycles. The first-order valence-corrected chi connectivity index (χ1v) is 16.2. The molecule has 8 heteroatoms. The molecule has 0 bridgehead atoms. The first-order valence-electron chi connectivity index (χ1n) is 16.2. The first kappa shape index (κ1) is 31.9. The van der Waals surface area contributed by atoms with E-state index in [1.165, 1.54) is 24.3 Å². The molecule has 0 saturated heterocycles. The Bertz CT molecular complexity index is 2050. The van der Waals surface area contributed by atoms with Gasteiger partial charge in [-0.25, -0.2) is 0 Å². The molecular weight excluding hydrogens is 622 g/mol. The number of halogens is 6. The predicted octanol–water partition coefficient (Wildman–Crippen LogP) is 11.3. The van der Waals surface area contributed by atoms with Crippen LogP contribution in [0.2, 0.25) is 0 Å². The van der Waals surface area contributed by atoms with Gasteiger partial charge in [0.2, 0.25) is 5.41 Å². The lowest BCUT2D eigenvalue weighted by Gasteiger charge is -2.38. The minimum atomic E-state index is -5.69. The molecule has 0 aliphatic heterocycles. The fraction of sp³-hybridized carbons (Fsp3) is 0.250. The third-order valence-electron chi connectivity index (χ3n) is 9.82. The van der Waals surface area contributed by atoms with Gasteiger partial charge in [-0.05, 0) is 108 Å². The third-order valence-corrected chi connectivity index (χ3v) is 9.82. The highest BCUT2D eigenvalue weighted by atomic mass is 19.4. The number of hydrogen-bond acceptors (Lipinski definition) is 0. The van der Waals surface area contributed by atoms with Gasteiger partial charge in [0.1, 0.15) is 0 Å². The van der Waals surface area contributed by atoms with Crippen LogP contribution in [0.25, 0.3) is 40.5 Å². The average Bonchev–Trinajstić information content (AvgIpc) is 3.57. The van der Waals surface area contributed by atoms with Crippen LogP contribution in [0.4, 0.5) is 26.3 Å². The summed E-state index contributed by atoms with van der Waals surface area (Å²) in [7, 11) is 0. The van der Waals surface area contributed by atoms with Crippen LogP contribution in [0.15, 0.2) is 91.5 Å². The second-order valence-electron chi connectivity index (χ2n) is 12.5. The molecule has 246 valence electrons. The molecule has 48 heavy (non-hydrogen) atoms. The monoisotopic (exact) mass is 656 g/mol. The van der Waals surface area contributed by atoms with Gasteiger partial charge in [0.05, 0.1) is 5.52 Å². The van der Waals surface area contributed by atoms with Gasteiger partial charge in [0.25, 0.3) is 0 Å². The summed E-state index contributed by atoms with van der Waals surface area (Å²) in [6.45, 7) is 6.05. The van der Waals surface area contributed by atoms with Crippen molar-refractivity contribution in [3.63, 3.8) is 0 Å². The minimum Gasteiger partial charge on any atom is -0.310 e. The minimum absolute atomic E-state index is 0.477. The van der Waals surface area contributed by atoms with Gasteiger partial charge in [-0.15, -0.1) is 0 Å². The van der Waals surface area contributed by atoms with Crippen LogP contribution >= 0.6 is 0 Å². The van der Waals surface area contributed by atoms with Crippen LogP contribution < -0.4 is 0 Å². The van der Waals surface area contributed by atoms with E-state index < -0.39 is 28.9 Å². The van der Waals surface area contributed by atoms with Crippen LogP contribution in [0.3, 0.4) is 0 Å². The number of rotatable bonds is 7. The molecule has 0 spiro atoms. The number of aryl methyl sites for hydroxylation is 1. The normalized spacial score (nSPS) is 14.7. The van der Waals surface area contributed by atoms with E-state index >= 15 is 26.3 Å². The van der Waals surface area contributed by atoms with E-state index in [4.69, 9.17) is 0 Å². The Morgan fingerprint density at radius 2 is 1.21 bits per heavy atom. The highest BCUT2D eigenvalue weighted by Gasteiger charge is 2.72. The molecule has 2 aliphatic rings. The fourth-order valence-electron chi connectivity index (χ4n) is 7.78. The van der Waals surface area contributed by atoms with Crippen molar-refractivity contribution < 1.29 is 26.3 Å². The average molecular weight is 657 g/mol. The summed E-state index contributed by atoms with van der Waals surface area (Å²) >= 11 is 0. The summed E-state index contributed by atoms with van der Waals surface area (Å²) in [5, 5.41) is 1.02. The van der Waals surface area contributed by atoms with Crippen molar-refractivity contribution >= 4 is 29.1 Å². The maximum Gasteiger partial charge on any atom is 0.411 e. The Hall–Kier alpha value is -4.72. The molecule has 2 aromatic heterocycles. The molecule has 0 saturated carbocycles. The summed E-state index contributed by atoms with van der Waals surface area (Å²) in [5.41, 5.74) is 1.72. The lowest BCUT2D eigenvalue weighted by Crippen LogP contribution is -2.54. The summed E-state index contributed by atoms with van der Waals surface area (Å²) in [6, 6.07) is 17.0. The van der Waals surface area contributed by atoms with Crippen LogP contribution in [0.5, 0.6) is 0 Å². The number of fused-ring (bicyclic) bond motifs is 4. The predicted molar refractivity (Wildman–Crippen MR) is 181 cm³/mol. The SMILES string of the molecule is C=Cc1c(CCC)c2c(n1-c1ccc(C(c3ccc(-n4c5c(c6ccccc64)CCC=C5)cc3)(C(F)(F)F)C(F)(F)F)cc1)C=CCC2. The molecule has 0 atom stereocenters. The fourth-order valence-corrected chi connectivity index (χ4v) is 7.78. The maximum atomic E-state index is 15.1. The van der Waals surface area contributed by atoms with E-state index in [9.17, 15) is 0 Å². The molecule has 7 rings (SSSR count). The van der Waals surface area contributed by atoms with Crippen LogP contribution in [-0.2, 0) is 24.7 Å². The third kappa shape index (κ3) is 4.71. The van der Waals surface area contributed by atoms with Gasteiger partial charge in [-0.3, -0.25) is 0 Å². The van der Waals surface area contributed by atoms with Gasteiger partial charge >= 0.3 is 12.4 Å². The Balaban J connectivity index is 1.37. The van der Waals surface area contributed by atoms with Crippen LogP contribution in [0, 0.1) is 0 Å². The summed E-state index contributed by atoms with van der Waals surface area (Å²) in [6.07, 6.45) is 3.33. The van der Waals surface area contributed by atoms with Crippen molar-refractivity contribution in [2.75, 3.05) is 0 Å². The Morgan fingerprint density at radius 1 is 0.688 bits per heavy atom. The Kier molecular flexibility index (Phi) is 7.80.